The number of nitrogens with two attached hydrogens (primary N) is 1. The van der Waals surface area contributed by atoms with E-state index in [9.17, 15) is 13.2 Å². The first-order chi connectivity index (χ1) is 7.34. The molecule has 1 atom stereocenters. The Balaban J connectivity index is 2.83. The van der Waals surface area contributed by atoms with Crippen molar-refractivity contribution in [1.29, 1.82) is 0 Å². The Morgan fingerprint density at radius 3 is 2.69 bits per heavy atom. The van der Waals surface area contributed by atoms with Crippen molar-refractivity contribution in [2.24, 2.45) is 5.14 Å². The average Bonchev–Trinajstić information content (AvgIpc) is 2.65. The van der Waals surface area contributed by atoms with Crippen LogP contribution in [0.3, 0.4) is 0 Å². The van der Waals surface area contributed by atoms with Gasteiger partial charge in [0.2, 0.25) is 10.0 Å². The van der Waals surface area contributed by atoms with Gasteiger partial charge in [0.15, 0.2) is 0 Å². The Kier molecular flexibility index (Phi) is 4.06. The zero-order valence-electron chi connectivity index (χ0n) is 8.97. The molecule has 1 aromatic heterocycles. The van der Waals surface area contributed by atoms with Crippen LogP contribution in [0.15, 0.2) is 15.7 Å². The zero-order chi connectivity index (χ0) is 12.3. The van der Waals surface area contributed by atoms with Gasteiger partial charge in [-0.15, -0.1) is 11.3 Å². The highest BCUT2D eigenvalue weighted by Crippen LogP contribution is 2.19. The summed E-state index contributed by atoms with van der Waals surface area (Å²) in [6.07, 6.45) is 0.517. The molecule has 0 aromatic carbocycles. The fourth-order valence-corrected chi connectivity index (χ4v) is 2.48. The fourth-order valence-electron chi connectivity index (χ4n) is 0.907. The van der Waals surface area contributed by atoms with E-state index in [0.29, 0.717) is 6.42 Å². The van der Waals surface area contributed by atoms with Gasteiger partial charge >= 0.3 is 5.97 Å². The van der Waals surface area contributed by atoms with Crippen LogP contribution in [0.4, 0.5) is 0 Å². The Morgan fingerprint density at radius 2 is 2.25 bits per heavy atom. The molecular weight excluding hydrogens is 250 g/mol. The molecule has 90 valence electrons. The molecule has 16 heavy (non-hydrogen) atoms. The molecule has 1 heterocycles. The van der Waals surface area contributed by atoms with E-state index < -0.39 is 16.0 Å². The van der Waals surface area contributed by atoms with Gasteiger partial charge in [-0.3, -0.25) is 0 Å². The average molecular weight is 263 g/mol. The molecule has 1 unspecified atom stereocenters. The van der Waals surface area contributed by atoms with Gasteiger partial charge in [0.25, 0.3) is 0 Å². The maximum Gasteiger partial charge on any atom is 0.339 e. The SMILES string of the molecule is CCC(C)OC(=O)c1csc(S(N)(=O)=O)c1. The molecule has 7 heteroatoms. The first-order valence-corrected chi connectivity index (χ1v) is 7.09. The van der Waals surface area contributed by atoms with E-state index in [-0.39, 0.29) is 15.9 Å². The number of primary sulfonamides is 1. The third-order valence-corrected chi connectivity index (χ3v) is 4.36. The van der Waals surface area contributed by atoms with Crippen LogP contribution >= 0.6 is 11.3 Å². The molecule has 0 spiro atoms. The molecule has 0 radical (unpaired) electrons. The van der Waals surface area contributed by atoms with Crippen LogP contribution in [-0.4, -0.2) is 20.5 Å². The van der Waals surface area contributed by atoms with Crippen LogP contribution in [0.5, 0.6) is 0 Å². The molecule has 0 fully saturated rings. The summed E-state index contributed by atoms with van der Waals surface area (Å²) in [6, 6.07) is 1.23. The highest BCUT2D eigenvalue weighted by molar-refractivity contribution is 7.91. The number of rotatable bonds is 4. The predicted molar refractivity (Wildman–Crippen MR) is 60.9 cm³/mol. The molecule has 0 aliphatic carbocycles. The first-order valence-electron chi connectivity index (χ1n) is 4.67. The van der Waals surface area contributed by atoms with Crippen LogP contribution in [0.1, 0.15) is 30.6 Å². The minimum Gasteiger partial charge on any atom is -0.459 e. The highest BCUT2D eigenvalue weighted by atomic mass is 32.2. The number of carbonyl (C=O) groups is 1. The number of thiophene rings is 1. The van der Waals surface area contributed by atoms with Crippen molar-refractivity contribution in [2.45, 2.75) is 30.6 Å². The van der Waals surface area contributed by atoms with Gasteiger partial charge in [-0.1, -0.05) is 6.92 Å². The van der Waals surface area contributed by atoms with E-state index >= 15 is 0 Å². The van der Waals surface area contributed by atoms with E-state index in [0.717, 1.165) is 11.3 Å². The van der Waals surface area contributed by atoms with Crippen LogP contribution in [0.2, 0.25) is 0 Å². The van der Waals surface area contributed by atoms with E-state index in [2.05, 4.69) is 0 Å². The minimum atomic E-state index is -3.74. The Labute approximate surface area is 98.3 Å². The van der Waals surface area contributed by atoms with Gasteiger partial charge in [-0.2, -0.15) is 0 Å². The molecular formula is C9H13NO4S2. The standard InChI is InChI=1S/C9H13NO4S2/c1-3-6(2)14-9(11)7-4-8(15-5-7)16(10,12)13/h4-6H,3H2,1-2H3,(H2,10,12,13). The lowest BCUT2D eigenvalue weighted by Crippen LogP contribution is -2.14. The van der Waals surface area contributed by atoms with Crippen molar-refractivity contribution in [3.05, 3.63) is 17.0 Å². The van der Waals surface area contributed by atoms with Crippen molar-refractivity contribution in [2.75, 3.05) is 0 Å². The lowest BCUT2D eigenvalue weighted by Gasteiger charge is -2.09. The smallest absolute Gasteiger partial charge is 0.339 e. The maximum absolute atomic E-state index is 11.5. The molecule has 0 aliphatic heterocycles. The number of carbonyl (C=O) groups excluding carboxylic acids is 1. The molecule has 1 rings (SSSR count). The van der Waals surface area contributed by atoms with E-state index in [1.54, 1.807) is 6.92 Å². The van der Waals surface area contributed by atoms with Crippen molar-refractivity contribution < 1.29 is 17.9 Å². The van der Waals surface area contributed by atoms with Crippen molar-refractivity contribution >= 4 is 27.3 Å². The molecule has 0 bridgehead atoms. The zero-order valence-corrected chi connectivity index (χ0v) is 10.6. The van der Waals surface area contributed by atoms with Gasteiger partial charge in [-0.05, 0) is 19.4 Å². The lowest BCUT2D eigenvalue weighted by molar-refractivity contribution is 0.0335. The number of esters is 1. The van der Waals surface area contributed by atoms with Crippen LogP contribution < -0.4 is 5.14 Å². The summed E-state index contributed by atoms with van der Waals surface area (Å²) in [4.78, 5) is 11.5. The van der Waals surface area contributed by atoms with Crippen molar-refractivity contribution in [1.82, 2.24) is 0 Å². The molecule has 0 aliphatic rings. The van der Waals surface area contributed by atoms with E-state index in [1.807, 2.05) is 6.92 Å². The van der Waals surface area contributed by atoms with Gasteiger partial charge in [0.1, 0.15) is 4.21 Å². The van der Waals surface area contributed by atoms with E-state index in [4.69, 9.17) is 9.88 Å². The summed E-state index contributed by atoms with van der Waals surface area (Å²) in [5.41, 5.74) is 0.217. The molecule has 0 amide bonds. The number of hydrogen-bond donors (Lipinski definition) is 1. The summed E-state index contributed by atoms with van der Waals surface area (Å²) in [6.45, 7) is 3.66. The van der Waals surface area contributed by atoms with Crippen LogP contribution in [-0.2, 0) is 14.8 Å². The second kappa shape index (κ2) is 4.94. The fraction of sp³-hybridized carbons (Fsp3) is 0.444. The summed E-state index contributed by atoms with van der Waals surface area (Å²) >= 11 is 0.906. The van der Waals surface area contributed by atoms with Crippen LogP contribution in [0.25, 0.3) is 0 Å². The maximum atomic E-state index is 11.5. The summed E-state index contributed by atoms with van der Waals surface area (Å²) in [5.74, 6) is -0.527. The van der Waals surface area contributed by atoms with Crippen molar-refractivity contribution in [3.8, 4) is 0 Å². The second-order valence-corrected chi connectivity index (χ2v) is 6.02. The second-order valence-electron chi connectivity index (χ2n) is 3.32. The Morgan fingerprint density at radius 1 is 1.62 bits per heavy atom. The molecule has 0 saturated carbocycles. The van der Waals surface area contributed by atoms with Gasteiger partial charge in [0, 0.05) is 5.38 Å². The normalized spacial score (nSPS) is 13.4. The largest absolute Gasteiger partial charge is 0.459 e. The summed E-state index contributed by atoms with van der Waals surface area (Å²) < 4.78 is 27.0. The number of sulfonamides is 1. The number of hydrogen-bond acceptors (Lipinski definition) is 5. The summed E-state index contributed by atoms with van der Waals surface area (Å²) in [5, 5.41) is 6.35. The Hall–Kier alpha value is -0.920. The van der Waals surface area contributed by atoms with Crippen molar-refractivity contribution in [3.63, 3.8) is 0 Å². The minimum absolute atomic E-state index is 0.0383. The van der Waals surface area contributed by atoms with Gasteiger partial charge < -0.3 is 4.74 Å². The third kappa shape index (κ3) is 3.29. The number of ether oxygens (including phenoxy) is 1. The van der Waals surface area contributed by atoms with Gasteiger partial charge in [0.05, 0.1) is 11.7 Å². The third-order valence-electron chi connectivity index (χ3n) is 1.97. The molecule has 5 nitrogen and oxygen atoms in total. The molecule has 0 saturated heterocycles. The van der Waals surface area contributed by atoms with Gasteiger partial charge in [-0.25, -0.2) is 18.4 Å². The molecule has 2 N–H and O–H groups in total. The lowest BCUT2D eigenvalue weighted by atomic mass is 10.3. The monoisotopic (exact) mass is 263 g/mol. The topological polar surface area (TPSA) is 86.5 Å². The quantitative estimate of drug-likeness (QED) is 0.831. The first kappa shape index (κ1) is 13.1. The summed E-state index contributed by atoms with van der Waals surface area (Å²) in [7, 11) is -3.74. The highest BCUT2D eigenvalue weighted by Gasteiger charge is 2.17. The Bertz CT molecular complexity index is 477. The van der Waals surface area contributed by atoms with Crippen LogP contribution in [0, 0.1) is 0 Å². The van der Waals surface area contributed by atoms with E-state index in [1.165, 1.54) is 11.4 Å². The molecule has 1 aromatic rings. The predicted octanol–water partition coefficient (Wildman–Crippen LogP) is 1.35.